The summed E-state index contributed by atoms with van der Waals surface area (Å²) in [5.74, 6) is -1.69. The highest BCUT2D eigenvalue weighted by Crippen LogP contribution is 2.16. The van der Waals surface area contributed by atoms with Gasteiger partial charge < -0.3 is 14.7 Å². The normalized spacial score (nSPS) is 9.92. The number of hydrogen-bond donors (Lipinski definition) is 1. The highest BCUT2D eigenvalue weighted by atomic mass is 19.1. The monoisotopic (exact) mass is 342 g/mol. The number of benzene rings is 2. The van der Waals surface area contributed by atoms with Gasteiger partial charge in [-0.15, -0.1) is 0 Å². The van der Waals surface area contributed by atoms with Gasteiger partial charge in [0.25, 0.3) is 5.91 Å². The van der Waals surface area contributed by atoms with E-state index in [0.717, 1.165) is 0 Å². The van der Waals surface area contributed by atoms with Gasteiger partial charge in [-0.25, -0.2) is 9.18 Å². The topological polar surface area (TPSA) is 90.6 Å². The van der Waals surface area contributed by atoms with Crippen molar-refractivity contribution in [2.24, 2.45) is 0 Å². The fraction of sp³-hybridized carbons (Fsp3) is 0.167. The van der Waals surface area contributed by atoms with Gasteiger partial charge >= 0.3 is 5.97 Å². The first kappa shape index (κ1) is 17.9. The number of phenolic OH excluding ortho intramolecular Hbond substituents is 1. The van der Waals surface area contributed by atoms with Gasteiger partial charge in [0.2, 0.25) is 0 Å². The molecular weight excluding hydrogens is 327 g/mol. The average molecular weight is 342 g/mol. The average Bonchev–Trinajstić information content (AvgIpc) is 2.62. The van der Waals surface area contributed by atoms with Crippen LogP contribution in [0.2, 0.25) is 0 Å². The largest absolute Gasteiger partial charge is 0.508 e. The van der Waals surface area contributed by atoms with Crippen LogP contribution >= 0.6 is 0 Å². The predicted octanol–water partition coefficient (Wildman–Crippen LogP) is 2.63. The molecule has 0 atom stereocenters. The van der Waals surface area contributed by atoms with Gasteiger partial charge in [0, 0.05) is 12.2 Å². The number of carbonyl (C=O) groups excluding carboxylic acids is 2. The molecule has 0 spiro atoms. The molecule has 0 aliphatic heterocycles. The van der Waals surface area contributed by atoms with Crippen LogP contribution < -0.4 is 4.90 Å². The molecule has 2 aromatic rings. The maximum Gasteiger partial charge on any atom is 0.338 e. The second-order valence-electron chi connectivity index (χ2n) is 5.05. The summed E-state index contributed by atoms with van der Waals surface area (Å²) < 4.78 is 18.0. The third-order valence-corrected chi connectivity index (χ3v) is 3.32. The van der Waals surface area contributed by atoms with E-state index in [0.29, 0.717) is 5.69 Å². The number of carbonyl (C=O) groups is 2. The molecule has 128 valence electrons. The Morgan fingerprint density at radius 2 is 1.76 bits per heavy atom. The third kappa shape index (κ3) is 5.04. The summed E-state index contributed by atoms with van der Waals surface area (Å²) in [5.41, 5.74) is 0.596. The molecular formula is C18H15FN2O4. The van der Waals surface area contributed by atoms with E-state index in [9.17, 15) is 19.1 Å². The number of nitrogens with zero attached hydrogens (tertiary/aromatic N) is 2. The summed E-state index contributed by atoms with van der Waals surface area (Å²) in [4.78, 5) is 25.5. The summed E-state index contributed by atoms with van der Waals surface area (Å²) >= 11 is 0. The Kier molecular flexibility index (Phi) is 6.07. The van der Waals surface area contributed by atoms with Crippen molar-refractivity contribution in [3.8, 4) is 11.8 Å². The molecule has 0 aliphatic rings. The van der Waals surface area contributed by atoms with E-state index in [2.05, 4.69) is 0 Å². The third-order valence-electron chi connectivity index (χ3n) is 3.32. The molecule has 1 N–H and O–H groups in total. The summed E-state index contributed by atoms with van der Waals surface area (Å²) in [7, 11) is 0. The molecule has 2 aromatic carbocycles. The van der Waals surface area contributed by atoms with Gasteiger partial charge in [-0.05, 0) is 48.5 Å². The molecule has 7 heteroatoms. The van der Waals surface area contributed by atoms with Gasteiger partial charge in [-0.3, -0.25) is 4.79 Å². The lowest BCUT2D eigenvalue weighted by atomic mass is 10.2. The van der Waals surface area contributed by atoms with Crippen LogP contribution in [-0.2, 0) is 9.53 Å². The van der Waals surface area contributed by atoms with Crippen LogP contribution in [0.3, 0.4) is 0 Å². The van der Waals surface area contributed by atoms with E-state index in [1.807, 2.05) is 6.07 Å². The van der Waals surface area contributed by atoms with Crippen molar-refractivity contribution >= 4 is 17.6 Å². The molecule has 0 aromatic heterocycles. The molecule has 0 aliphatic carbocycles. The van der Waals surface area contributed by atoms with Gasteiger partial charge in [0.1, 0.15) is 11.6 Å². The number of amides is 1. The van der Waals surface area contributed by atoms with E-state index in [-0.39, 0.29) is 24.3 Å². The Morgan fingerprint density at radius 3 is 2.36 bits per heavy atom. The van der Waals surface area contributed by atoms with Gasteiger partial charge in [0.05, 0.1) is 18.1 Å². The van der Waals surface area contributed by atoms with Crippen LogP contribution in [0.4, 0.5) is 10.1 Å². The van der Waals surface area contributed by atoms with E-state index in [1.54, 1.807) is 0 Å². The van der Waals surface area contributed by atoms with E-state index < -0.39 is 24.3 Å². The Morgan fingerprint density at radius 1 is 1.12 bits per heavy atom. The molecule has 0 unspecified atom stereocenters. The van der Waals surface area contributed by atoms with Gasteiger partial charge in [-0.2, -0.15) is 5.26 Å². The molecule has 1 amide bonds. The first-order valence-corrected chi connectivity index (χ1v) is 7.40. The molecule has 0 fully saturated rings. The number of esters is 1. The van der Waals surface area contributed by atoms with E-state index >= 15 is 0 Å². The van der Waals surface area contributed by atoms with E-state index in [4.69, 9.17) is 10.00 Å². The molecule has 0 bridgehead atoms. The number of hydrogen-bond acceptors (Lipinski definition) is 5. The van der Waals surface area contributed by atoms with Crippen molar-refractivity contribution in [1.82, 2.24) is 0 Å². The minimum Gasteiger partial charge on any atom is -0.508 e. The SMILES string of the molecule is N#CCCN(C(=O)COC(=O)c1ccc(O)cc1)c1ccc(F)cc1. The van der Waals surface area contributed by atoms with Crippen molar-refractivity contribution in [3.05, 3.63) is 59.9 Å². The molecule has 2 rings (SSSR count). The van der Waals surface area contributed by atoms with Crippen molar-refractivity contribution < 1.29 is 23.8 Å². The minimum absolute atomic E-state index is 0.00612. The number of anilines is 1. The van der Waals surface area contributed by atoms with Crippen LogP contribution in [0, 0.1) is 17.1 Å². The number of aromatic hydroxyl groups is 1. The molecule has 0 saturated heterocycles. The first-order chi connectivity index (χ1) is 12.0. The lowest BCUT2D eigenvalue weighted by Crippen LogP contribution is -2.35. The summed E-state index contributed by atoms with van der Waals surface area (Å²) in [5, 5.41) is 17.9. The minimum atomic E-state index is -0.715. The quantitative estimate of drug-likeness (QED) is 0.815. The Bertz CT molecular complexity index is 782. The predicted molar refractivity (Wildman–Crippen MR) is 87.4 cm³/mol. The number of ether oxygens (including phenoxy) is 1. The fourth-order valence-corrected chi connectivity index (χ4v) is 2.07. The molecule has 0 saturated carbocycles. The highest BCUT2D eigenvalue weighted by Gasteiger charge is 2.18. The van der Waals surface area contributed by atoms with Gasteiger partial charge in [-0.1, -0.05) is 0 Å². The van der Waals surface area contributed by atoms with Crippen molar-refractivity contribution in [1.29, 1.82) is 5.26 Å². The number of rotatable bonds is 6. The van der Waals surface area contributed by atoms with E-state index in [1.165, 1.54) is 53.4 Å². The number of halogens is 1. The summed E-state index contributed by atoms with van der Waals surface area (Å²) in [6.45, 7) is -0.430. The molecule has 0 radical (unpaired) electrons. The van der Waals surface area contributed by atoms with Crippen LogP contribution in [0.1, 0.15) is 16.8 Å². The first-order valence-electron chi connectivity index (χ1n) is 7.40. The molecule has 6 nitrogen and oxygen atoms in total. The zero-order valence-electron chi connectivity index (χ0n) is 13.2. The maximum absolute atomic E-state index is 13.0. The van der Waals surface area contributed by atoms with Crippen molar-refractivity contribution in [3.63, 3.8) is 0 Å². The second-order valence-corrected chi connectivity index (χ2v) is 5.05. The lowest BCUT2D eigenvalue weighted by Gasteiger charge is -2.21. The molecule has 0 heterocycles. The number of phenols is 1. The summed E-state index contributed by atoms with van der Waals surface area (Å²) in [6, 6.07) is 12.5. The molecule has 25 heavy (non-hydrogen) atoms. The smallest absolute Gasteiger partial charge is 0.338 e. The lowest BCUT2D eigenvalue weighted by molar-refractivity contribution is -0.121. The van der Waals surface area contributed by atoms with Crippen LogP contribution in [0.5, 0.6) is 5.75 Å². The van der Waals surface area contributed by atoms with Crippen molar-refractivity contribution in [2.45, 2.75) is 6.42 Å². The second kappa shape index (κ2) is 8.45. The van der Waals surface area contributed by atoms with Crippen molar-refractivity contribution in [2.75, 3.05) is 18.1 Å². The van der Waals surface area contributed by atoms with Gasteiger partial charge in [0.15, 0.2) is 6.61 Å². The Labute approximate surface area is 143 Å². The van der Waals surface area contributed by atoms with Crippen LogP contribution in [0.25, 0.3) is 0 Å². The summed E-state index contributed by atoms with van der Waals surface area (Å²) in [6.07, 6.45) is 0.0784. The zero-order valence-corrected chi connectivity index (χ0v) is 13.2. The maximum atomic E-state index is 13.0. The highest BCUT2D eigenvalue weighted by molar-refractivity contribution is 5.97. The Hall–Kier alpha value is -3.40. The standard InChI is InChI=1S/C18H15FN2O4/c19-14-4-6-15(7-5-14)21(11-1-10-20)17(23)12-25-18(24)13-2-8-16(22)9-3-13/h2-9,22H,1,11-12H2. The fourth-order valence-electron chi connectivity index (χ4n) is 2.07. The Balaban J connectivity index is 2.03. The number of nitriles is 1. The van der Waals surface area contributed by atoms with Crippen LogP contribution in [-0.4, -0.2) is 30.1 Å². The van der Waals surface area contributed by atoms with Crippen LogP contribution in [0.15, 0.2) is 48.5 Å². The zero-order chi connectivity index (χ0) is 18.2.